The van der Waals surface area contributed by atoms with E-state index in [1.807, 2.05) is 0 Å². The van der Waals surface area contributed by atoms with Gasteiger partial charge in [-0.05, 0) is 51.7 Å². The molecule has 2 aliphatic heterocycles. The molecule has 0 aromatic rings. The normalized spacial score (nSPS) is 21.9. The molecule has 0 aromatic carbocycles. The number of nitrogens with one attached hydrogen (secondary N) is 2. The average Bonchev–Trinajstić information content (AvgIpc) is 3.10. The van der Waals surface area contributed by atoms with Crippen molar-refractivity contribution >= 4 is 16.0 Å². The van der Waals surface area contributed by atoms with E-state index in [2.05, 4.69) is 20.5 Å². The predicted molar refractivity (Wildman–Crippen MR) is 94.4 cm³/mol. The van der Waals surface area contributed by atoms with E-state index in [1.165, 1.54) is 12.8 Å². The Morgan fingerprint density at radius 2 is 1.77 bits per heavy atom. The van der Waals surface area contributed by atoms with Crippen LogP contribution >= 0.6 is 0 Å². The number of rotatable bonds is 6. The molecule has 0 saturated carbocycles. The summed E-state index contributed by atoms with van der Waals surface area (Å²) in [7, 11) is -3.59. The second kappa shape index (κ2) is 9.23. The summed E-state index contributed by atoms with van der Waals surface area (Å²) in [5.41, 5.74) is -5.24. The third-order valence-electron chi connectivity index (χ3n) is 4.79. The topological polar surface area (TPSA) is 77.0 Å². The Hall–Kier alpha value is -1.07. The average molecular weight is 399 g/mol. The van der Waals surface area contributed by atoms with Crippen molar-refractivity contribution in [1.82, 2.24) is 19.8 Å². The molecule has 0 radical (unpaired) electrons. The summed E-state index contributed by atoms with van der Waals surface area (Å²) in [6.45, 7) is 3.82. The molecule has 152 valence electrons. The van der Waals surface area contributed by atoms with E-state index in [4.69, 9.17) is 0 Å². The van der Waals surface area contributed by atoms with Gasteiger partial charge in [-0.1, -0.05) is 0 Å². The van der Waals surface area contributed by atoms with Crippen LogP contribution < -0.4 is 10.6 Å². The first-order chi connectivity index (χ1) is 12.2. The quantitative estimate of drug-likeness (QED) is 0.395. The van der Waals surface area contributed by atoms with Crippen molar-refractivity contribution < 1.29 is 21.6 Å². The van der Waals surface area contributed by atoms with Gasteiger partial charge in [-0.3, -0.25) is 4.99 Å². The molecule has 0 spiro atoms. The molecule has 0 bridgehead atoms. The molecule has 2 N–H and O–H groups in total. The molecule has 26 heavy (non-hydrogen) atoms. The Labute approximate surface area is 153 Å². The Bertz CT molecular complexity index is 568. The monoisotopic (exact) mass is 399 g/mol. The Kier molecular flexibility index (Phi) is 7.53. The van der Waals surface area contributed by atoms with E-state index in [0.717, 1.165) is 32.6 Å². The van der Waals surface area contributed by atoms with Gasteiger partial charge in [0, 0.05) is 32.7 Å². The number of likely N-dealkylation sites (tertiary alicyclic amines) is 1. The van der Waals surface area contributed by atoms with Crippen LogP contribution in [0.5, 0.6) is 0 Å². The van der Waals surface area contributed by atoms with Gasteiger partial charge in [0.2, 0.25) is 0 Å². The summed E-state index contributed by atoms with van der Waals surface area (Å²) in [6, 6.07) is -0.0977. The van der Waals surface area contributed by atoms with Gasteiger partial charge in [0.1, 0.15) is 0 Å². The van der Waals surface area contributed by atoms with Crippen LogP contribution in [-0.2, 0) is 10.0 Å². The van der Waals surface area contributed by atoms with Crippen LogP contribution in [0.1, 0.15) is 32.1 Å². The van der Waals surface area contributed by atoms with E-state index in [9.17, 15) is 21.6 Å². The molecule has 0 atom stereocenters. The fourth-order valence-corrected chi connectivity index (χ4v) is 4.27. The van der Waals surface area contributed by atoms with Crippen LogP contribution in [0.15, 0.2) is 4.99 Å². The van der Waals surface area contributed by atoms with Gasteiger partial charge in [0.25, 0.3) is 0 Å². The van der Waals surface area contributed by atoms with E-state index in [1.54, 1.807) is 7.05 Å². The van der Waals surface area contributed by atoms with Crippen molar-refractivity contribution in [2.24, 2.45) is 4.99 Å². The molecule has 2 fully saturated rings. The molecule has 7 nitrogen and oxygen atoms in total. The number of piperidine rings is 1. The molecule has 0 aromatic heterocycles. The number of alkyl halides is 3. The Balaban J connectivity index is 1.69. The highest BCUT2D eigenvalue weighted by Gasteiger charge is 2.50. The van der Waals surface area contributed by atoms with Gasteiger partial charge >= 0.3 is 15.5 Å². The minimum Gasteiger partial charge on any atom is -0.356 e. The molecule has 11 heteroatoms. The maximum atomic E-state index is 12.6. The van der Waals surface area contributed by atoms with Gasteiger partial charge in [0.15, 0.2) is 5.96 Å². The van der Waals surface area contributed by atoms with Gasteiger partial charge in [0.05, 0.1) is 0 Å². The van der Waals surface area contributed by atoms with Crippen LogP contribution in [0.25, 0.3) is 0 Å². The zero-order valence-corrected chi connectivity index (χ0v) is 15.9. The lowest BCUT2D eigenvalue weighted by molar-refractivity contribution is -0.0494. The largest absolute Gasteiger partial charge is 0.511 e. The van der Waals surface area contributed by atoms with E-state index in [-0.39, 0.29) is 19.1 Å². The smallest absolute Gasteiger partial charge is 0.356 e. The summed E-state index contributed by atoms with van der Waals surface area (Å²) < 4.78 is 61.1. The fraction of sp³-hybridized carbons (Fsp3) is 0.933. The number of sulfonamides is 1. The second-order valence-electron chi connectivity index (χ2n) is 6.67. The van der Waals surface area contributed by atoms with Gasteiger partial charge in [-0.25, -0.2) is 8.42 Å². The minimum absolute atomic E-state index is 0.0977. The number of aliphatic imine (C=N–C) groups is 1. The predicted octanol–water partition coefficient (Wildman–Crippen LogP) is 0.951. The molecule has 2 rings (SSSR count). The summed E-state index contributed by atoms with van der Waals surface area (Å²) in [4.78, 5) is 6.55. The number of nitrogens with zero attached hydrogens (tertiary/aromatic N) is 3. The minimum atomic E-state index is -5.24. The zero-order chi connectivity index (χ0) is 19.2. The second-order valence-corrected chi connectivity index (χ2v) is 8.60. The fourth-order valence-electron chi connectivity index (χ4n) is 3.29. The number of guanidine groups is 1. The molecular weight excluding hydrogens is 371 g/mol. The first-order valence-electron chi connectivity index (χ1n) is 9.00. The van der Waals surface area contributed by atoms with Crippen molar-refractivity contribution in [3.63, 3.8) is 0 Å². The van der Waals surface area contributed by atoms with Crippen LogP contribution in [0.4, 0.5) is 13.2 Å². The van der Waals surface area contributed by atoms with E-state index < -0.39 is 15.5 Å². The number of hydrogen-bond acceptors (Lipinski definition) is 4. The molecule has 2 saturated heterocycles. The summed E-state index contributed by atoms with van der Waals surface area (Å²) in [6.07, 6.45) is 4.13. The number of hydrogen-bond donors (Lipinski definition) is 2. The van der Waals surface area contributed by atoms with Crippen LogP contribution in [0.2, 0.25) is 0 Å². The van der Waals surface area contributed by atoms with Crippen LogP contribution in [-0.4, -0.2) is 81.4 Å². The third kappa shape index (κ3) is 5.71. The van der Waals surface area contributed by atoms with Gasteiger partial charge in [-0.15, -0.1) is 0 Å². The Morgan fingerprint density at radius 1 is 1.15 bits per heavy atom. The highest BCUT2D eigenvalue weighted by molar-refractivity contribution is 7.90. The third-order valence-corrected chi connectivity index (χ3v) is 6.42. The van der Waals surface area contributed by atoms with Crippen LogP contribution in [0.3, 0.4) is 0 Å². The Morgan fingerprint density at radius 3 is 2.31 bits per heavy atom. The van der Waals surface area contributed by atoms with Gasteiger partial charge < -0.3 is 15.5 Å². The van der Waals surface area contributed by atoms with Crippen molar-refractivity contribution in [2.75, 3.05) is 46.3 Å². The van der Waals surface area contributed by atoms with E-state index >= 15 is 0 Å². The van der Waals surface area contributed by atoms with E-state index in [0.29, 0.717) is 23.1 Å². The lowest BCUT2D eigenvalue weighted by Crippen LogP contribution is -2.51. The molecule has 2 heterocycles. The molecule has 0 amide bonds. The first-order valence-corrected chi connectivity index (χ1v) is 10.4. The SMILES string of the molecule is CN=C(NCCCN1CCCC1)NC1CCN(S(=O)(=O)C(F)(F)F)CC1. The molecule has 0 aliphatic carbocycles. The van der Waals surface area contributed by atoms with Crippen molar-refractivity contribution in [1.29, 1.82) is 0 Å². The maximum Gasteiger partial charge on any atom is 0.511 e. The van der Waals surface area contributed by atoms with Crippen molar-refractivity contribution in [2.45, 2.75) is 43.7 Å². The zero-order valence-electron chi connectivity index (χ0n) is 15.1. The lowest BCUT2D eigenvalue weighted by Gasteiger charge is -2.32. The molecule has 2 aliphatic rings. The molecule has 0 unspecified atom stereocenters. The first kappa shape index (κ1) is 21.2. The van der Waals surface area contributed by atoms with Crippen molar-refractivity contribution in [3.05, 3.63) is 0 Å². The summed E-state index contributed by atoms with van der Waals surface area (Å²) >= 11 is 0. The summed E-state index contributed by atoms with van der Waals surface area (Å²) in [5, 5.41) is 6.37. The van der Waals surface area contributed by atoms with Crippen molar-refractivity contribution in [3.8, 4) is 0 Å². The van der Waals surface area contributed by atoms with Crippen LogP contribution in [0, 0.1) is 0 Å². The standard InChI is InChI=1S/C15H28F3N5O2S/c1-19-14(20-7-4-10-22-8-2-3-9-22)21-13-5-11-23(12-6-13)26(24,25)15(16,17)18/h13H,2-12H2,1H3,(H2,19,20,21). The maximum absolute atomic E-state index is 12.6. The highest BCUT2D eigenvalue weighted by atomic mass is 32.2. The lowest BCUT2D eigenvalue weighted by atomic mass is 10.1. The highest BCUT2D eigenvalue weighted by Crippen LogP contribution is 2.28. The summed E-state index contributed by atoms with van der Waals surface area (Å²) in [5.74, 6) is 0.601. The molecular formula is C15H28F3N5O2S. The number of halogens is 3. The van der Waals surface area contributed by atoms with Gasteiger partial charge in [-0.2, -0.15) is 17.5 Å².